The molecule has 2 atom stereocenters. The van der Waals surface area contributed by atoms with Crippen LogP contribution in [-0.2, 0) is 4.79 Å². The zero-order valence-electron chi connectivity index (χ0n) is 12.1. The lowest BCUT2D eigenvalue weighted by molar-refractivity contribution is -0.126. The van der Waals surface area contributed by atoms with Crippen molar-refractivity contribution in [3.8, 4) is 0 Å². The molecule has 1 fully saturated rings. The van der Waals surface area contributed by atoms with E-state index in [2.05, 4.69) is 24.1 Å². The molecule has 0 aromatic rings. The van der Waals surface area contributed by atoms with Gasteiger partial charge in [-0.3, -0.25) is 4.79 Å². The zero-order valence-corrected chi connectivity index (χ0v) is 13.7. The molecule has 0 aromatic heterocycles. The molecule has 6 heteroatoms. The highest BCUT2D eigenvalue weighted by Gasteiger charge is 2.31. The molecule has 0 unspecified atom stereocenters. The number of likely N-dealkylation sites (N-methyl/N-ethyl adjacent to an activating group) is 1. The normalized spacial score (nSPS) is 21.7. The molecule has 0 heterocycles. The fourth-order valence-corrected chi connectivity index (χ4v) is 2.67. The predicted octanol–water partition coefficient (Wildman–Crippen LogP) is 1.66. The van der Waals surface area contributed by atoms with Gasteiger partial charge < -0.3 is 16.0 Å². The molecule has 0 radical (unpaired) electrons. The highest BCUT2D eigenvalue weighted by Crippen LogP contribution is 2.30. The first-order chi connectivity index (χ1) is 8.22. The minimum atomic E-state index is 0. The maximum absolute atomic E-state index is 12.0. The van der Waals surface area contributed by atoms with E-state index in [4.69, 9.17) is 5.73 Å². The van der Waals surface area contributed by atoms with Gasteiger partial charge in [0, 0.05) is 19.0 Å². The molecule has 1 amide bonds. The lowest BCUT2D eigenvalue weighted by atomic mass is 9.95. The Morgan fingerprint density at radius 1 is 1.26 bits per heavy atom. The van der Waals surface area contributed by atoms with Crippen LogP contribution < -0.4 is 11.1 Å². The van der Waals surface area contributed by atoms with Crippen LogP contribution in [0.1, 0.15) is 33.1 Å². The Balaban J connectivity index is 0. The van der Waals surface area contributed by atoms with Gasteiger partial charge in [-0.25, -0.2) is 0 Å². The summed E-state index contributed by atoms with van der Waals surface area (Å²) in [7, 11) is 0. The predicted molar refractivity (Wildman–Crippen MR) is 85.2 cm³/mol. The number of hydrogen-bond acceptors (Lipinski definition) is 3. The minimum absolute atomic E-state index is 0. The maximum atomic E-state index is 12.0. The summed E-state index contributed by atoms with van der Waals surface area (Å²) >= 11 is 0. The Labute approximate surface area is 129 Å². The van der Waals surface area contributed by atoms with Crippen LogP contribution in [0.2, 0.25) is 0 Å². The molecule has 1 aliphatic rings. The summed E-state index contributed by atoms with van der Waals surface area (Å²) in [4.78, 5) is 14.3. The average molecular weight is 314 g/mol. The van der Waals surface area contributed by atoms with Crippen molar-refractivity contribution in [2.24, 2.45) is 17.6 Å². The zero-order chi connectivity index (χ0) is 12.7. The third kappa shape index (κ3) is 6.80. The van der Waals surface area contributed by atoms with Crippen LogP contribution in [0.3, 0.4) is 0 Å². The van der Waals surface area contributed by atoms with Gasteiger partial charge in [0.1, 0.15) is 0 Å². The van der Waals surface area contributed by atoms with E-state index in [9.17, 15) is 4.79 Å². The SMILES string of the molecule is CCN(CC)CCNC(=O)[C@@H]1CCC[C@@H]1CN.Cl.Cl. The smallest absolute Gasteiger partial charge is 0.223 e. The van der Waals surface area contributed by atoms with Gasteiger partial charge in [-0.05, 0) is 38.4 Å². The van der Waals surface area contributed by atoms with E-state index in [1.54, 1.807) is 0 Å². The van der Waals surface area contributed by atoms with Crippen molar-refractivity contribution >= 4 is 30.7 Å². The van der Waals surface area contributed by atoms with Gasteiger partial charge >= 0.3 is 0 Å². The summed E-state index contributed by atoms with van der Waals surface area (Å²) in [5, 5.41) is 3.05. The van der Waals surface area contributed by atoms with E-state index in [0.29, 0.717) is 12.5 Å². The van der Waals surface area contributed by atoms with Crippen molar-refractivity contribution in [1.29, 1.82) is 0 Å². The van der Waals surface area contributed by atoms with E-state index in [1.165, 1.54) is 0 Å². The minimum Gasteiger partial charge on any atom is -0.355 e. The van der Waals surface area contributed by atoms with Crippen LogP contribution in [0.5, 0.6) is 0 Å². The Kier molecular flexibility index (Phi) is 13.2. The number of nitrogens with two attached hydrogens (primary N) is 1. The number of amides is 1. The van der Waals surface area contributed by atoms with Crippen molar-refractivity contribution in [1.82, 2.24) is 10.2 Å². The van der Waals surface area contributed by atoms with Crippen LogP contribution in [0, 0.1) is 11.8 Å². The van der Waals surface area contributed by atoms with Crippen LogP contribution in [0.15, 0.2) is 0 Å². The summed E-state index contributed by atoms with van der Waals surface area (Å²) in [5.74, 6) is 0.783. The quantitative estimate of drug-likeness (QED) is 0.751. The van der Waals surface area contributed by atoms with Crippen molar-refractivity contribution in [3.05, 3.63) is 0 Å². The summed E-state index contributed by atoms with van der Waals surface area (Å²) in [6.45, 7) is 8.73. The molecular weight excluding hydrogens is 285 g/mol. The third-order valence-electron chi connectivity index (χ3n) is 3.92. The summed E-state index contributed by atoms with van der Waals surface area (Å²) in [5.41, 5.74) is 5.69. The van der Waals surface area contributed by atoms with Crippen molar-refractivity contribution in [3.63, 3.8) is 0 Å². The van der Waals surface area contributed by atoms with Crippen molar-refractivity contribution < 1.29 is 4.79 Å². The Bertz CT molecular complexity index is 238. The van der Waals surface area contributed by atoms with E-state index in [0.717, 1.165) is 45.4 Å². The van der Waals surface area contributed by atoms with Gasteiger partial charge in [-0.15, -0.1) is 24.8 Å². The molecule has 1 rings (SSSR count). The highest BCUT2D eigenvalue weighted by molar-refractivity contribution is 5.85. The van der Waals surface area contributed by atoms with Crippen molar-refractivity contribution in [2.75, 3.05) is 32.7 Å². The third-order valence-corrected chi connectivity index (χ3v) is 3.92. The second-order valence-electron chi connectivity index (χ2n) is 4.85. The topological polar surface area (TPSA) is 58.4 Å². The lowest BCUT2D eigenvalue weighted by Gasteiger charge is -2.20. The average Bonchev–Trinajstić information content (AvgIpc) is 2.82. The highest BCUT2D eigenvalue weighted by atomic mass is 35.5. The molecule has 0 spiro atoms. The molecule has 19 heavy (non-hydrogen) atoms. The van der Waals surface area contributed by atoms with Crippen molar-refractivity contribution in [2.45, 2.75) is 33.1 Å². The number of nitrogens with one attached hydrogen (secondary N) is 1. The first-order valence-corrected chi connectivity index (χ1v) is 6.93. The number of hydrogen-bond donors (Lipinski definition) is 2. The summed E-state index contributed by atoms with van der Waals surface area (Å²) in [6.07, 6.45) is 3.28. The maximum Gasteiger partial charge on any atom is 0.223 e. The number of nitrogens with zero attached hydrogens (tertiary/aromatic N) is 1. The van der Waals surface area contributed by atoms with Crippen LogP contribution in [0.4, 0.5) is 0 Å². The molecule has 0 aromatic carbocycles. The largest absolute Gasteiger partial charge is 0.355 e. The fraction of sp³-hybridized carbons (Fsp3) is 0.923. The standard InChI is InChI=1S/C13H27N3O.2ClH/c1-3-16(4-2)9-8-15-13(17)12-7-5-6-11(12)10-14;;/h11-12H,3-10,14H2,1-2H3,(H,15,17);2*1H/t11-,12-;;/m1../s1. The molecule has 0 bridgehead atoms. The molecule has 1 aliphatic carbocycles. The first-order valence-electron chi connectivity index (χ1n) is 6.93. The van der Waals surface area contributed by atoms with Crippen LogP contribution in [-0.4, -0.2) is 43.5 Å². The lowest BCUT2D eigenvalue weighted by Crippen LogP contribution is -2.39. The van der Waals surface area contributed by atoms with Gasteiger partial charge in [0.15, 0.2) is 0 Å². The van der Waals surface area contributed by atoms with E-state index in [-0.39, 0.29) is 36.6 Å². The number of carbonyl (C=O) groups is 1. The second kappa shape index (κ2) is 11.8. The van der Waals surface area contributed by atoms with E-state index in [1.807, 2.05) is 0 Å². The summed E-state index contributed by atoms with van der Waals surface area (Å²) < 4.78 is 0. The van der Waals surface area contributed by atoms with Gasteiger partial charge in [-0.1, -0.05) is 20.3 Å². The molecule has 0 saturated heterocycles. The Morgan fingerprint density at radius 3 is 2.42 bits per heavy atom. The molecule has 116 valence electrons. The molecule has 4 nitrogen and oxygen atoms in total. The first kappa shape index (κ1) is 21.3. The Hall–Kier alpha value is -0.0300. The van der Waals surface area contributed by atoms with Gasteiger partial charge in [-0.2, -0.15) is 0 Å². The van der Waals surface area contributed by atoms with Gasteiger partial charge in [0.05, 0.1) is 0 Å². The second-order valence-corrected chi connectivity index (χ2v) is 4.85. The summed E-state index contributed by atoms with van der Waals surface area (Å²) in [6, 6.07) is 0. The molecule has 0 aliphatic heterocycles. The van der Waals surface area contributed by atoms with Gasteiger partial charge in [0.25, 0.3) is 0 Å². The molecule has 1 saturated carbocycles. The monoisotopic (exact) mass is 313 g/mol. The Morgan fingerprint density at radius 2 is 1.89 bits per heavy atom. The van der Waals surface area contributed by atoms with Crippen LogP contribution in [0.25, 0.3) is 0 Å². The fourth-order valence-electron chi connectivity index (χ4n) is 2.67. The van der Waals surface area contributed by atoms with E-state index >= 15 is 0 Å². The van der Waals surface area contributed by atoms with E-state index < -0.39 is 0 Å². The molecular formula is C13H29Cl2N3O. The number of carbonyl (C=O) groups excluding carboxylic acids is 1. The van der Waals surface area contributed by atoms with Gasteiger partial charge in [0.2, 0.25) is 5.91 Å². The number of rotatable bonds is 7. The number of halogens is 2. The van der Waals surface area contributed by atoms with Crippen LogP contribution >= 0.6 is 24.8 Å². The molecule has 3 N–H and O–H groups in total.